The van der Waals surface area contributed by atoms with Crippen LogP contribution in [-0.4, -0.2) is 73.7 Å². The van der Waals surface area contributed by atoms with Crippen LogP contribution in [0.15, 0.2) is 60.7 Å². The highest BCUT2D eigenvalue weighted by Gasteiger charge is 2.45. The molecule has 0 aliphatic carbocycles. The predicted octanol–water partition coefficient (Wildman–Crippen LogP) is 3.14. The minimum Gasteiger partial charge on any atom is -0.507 e. The molecule has 1 atom stereocenters. The van der Waals surface area contributed by atoms with Gasteiger partial charge in [0, 0.05) is 37.3 Å². The second-order valence-electron chi connectivity index (χ2n) is 8.43. The second kappa shape index (κ2) is 10.8. The maximum absolute atomic E-state index is 13.1. The summed E-state index contributed by atoms with van der Waals surface area (Å²) in [5.74, 6) is -0.408. The Kier molecular flexibility index (Phi) is 7.53. The number of ether oxygens (including phenoxy) is 3. The van der Waals surface area contributed by atoms with Gasteiger partial charge in [-0.15, -0.1) is 6.58 Å². The number of aliphatic hydroxyl groups excluding tert-OH is 1. The Morgan fingerprint density at radius 1 is 1.14 bits per heavy atom. The first kappa shape index (κ1) is 24.5. The first-order valence-electron chi connectivity index (χ1n) is 11.5. The number of rotatable bonds is 8. The monoisotopic (exact) mass is 478 g/mol. The lowest BCUT2D eigenvalue weighted by atomic mass is 9.93. The number of hydrogen-bond donors (Lipinski definition) is 1. The van der Waals surface area contributed by atoms with Crippen LogP contribution in [0.1, 0.15) is 22.7 Å². The summed E-state index contributed by atoms with van der Waals surface area (Å²) >= 11 is 0. The minimum absolute atomic E-state index is 0.0348. The number of methoxy groups -OCH3 is 2. The molecule has 2 aromatic rings. The predicted molar refractivity (Wildman–Crippen MR) is 131 cm³/mol. The van der Waals surface area contributed by atoms with Crippen molar-refractivity contribution in [3.8, 4) is 11.5 Å². The number of amides is 1. The van der Waals surface area contributed by atoms with Gasteiger partial charge in [0.25, 0.3) is 11.7 Å². The van der Waals surface area contributed by atoms with Gasteiger partial charge in [0.15, 0.2) is 0 Å². The zero-order valence-corrected chi connectivity index (χ0v) is 20.0. The van der Waals surface area contributed by atoms with E-state index in [9.17, 15) is 14.7 Å². The third kappa shape index (κ3) is 4.94. The first-order chi connectivity index (χ1) is 17.0. The van der Waals surface area contributed by atoms with Crippen LogP contribution in [0.5, 0.6) is 11.5 Å². The molecule has 2 fully saturated rings. The van der Waals surface area contributed by atoms with E-state index in [2.05, 4.69) is 11.5 Å². The van der Waals surface area contributed by atoms with Crippen molar-refractivity contribution < 1.29 is 28.9 Å². The molecular weight excluding hydrogens is 448 g/mol. The van der Waals surface area contributed by atoms with Crippen molar-refractivity contribution in [2.45, 2.75) is 12.6 Å². The van der Waals surface area contributed by atoms with Gasteiger partial charge >= 0.3 is 0 Å². The van der Waals surface area contributed by atoms with E-state index in [0.717, 1.165) is 18.7 Å². The summed E-state index contributed by atoms with van der Waals surface area (Å²) in [7, 11) is 3.14. The normalized spacial score (nSPS) is 20.2. The van der Waals surface area contributed by atoms with Gasteiger partial charge in [0.05, 0.1) is 39.0 Å². The summed E-state index contributed by atoms with van der Waals surface area (Å²) < 4.78 is 16.3. The smallest absolute Gasteiger partial charge is 0.295 e. The Morgan fingerprint density at radius 2 is 1.91 bits per heavy atom. The van der Waals surface area contributed by atoms with E-state index in [-0.39, 0.29) is 17.9 Å². The van der Waals surface area contributed by atoms with Gasteiger partial charge in [-0.2, -0.15) is 0 Å². The maximum Gasteiger partial charge on any atom is 0.295 e. The van der Waals surface area contributed by atoms with E-state index in [1.807, 2.05) is 18.2 Å². The Balaban J connectivity index is 1.81. The molecule has 2 aromatic carbocycles. The molecule has 4 rings (SSSR count). The van der Waals surface area contributed by atoms with Crippen molar-refractivity contribution >= 4 is 17.4 Å². The average Bonchev–Trinajstić information content (AvgIpc) is 3.14. The number of ketones is 1. The summed E-state index contributed by atoms with van der Waals surface area (Å²) in [6, 6.07) is 11.6. The molecular formula is C27H30N2O6. The molecule has 2 saturated heterocycles. The standard InChI is InChI=1S/C27H30N2O6/c1-4-10-29-24(18-8-9-22(34-3)20(15-18)17-28-11-13-35-14-12-28)23(26(31)27(29)32)25(30)19-6-5-7-21(16-19)33-2/h4-9,15-16,24,30H,1,10-14,17H2,2-3H3. The Bertz CT molecular complexity index is 1150. The molecule has 35 heavy (non-hydrogen) atoms. The second-order valence-corrected chi connectivity index (χ2v) is 8.43. The zero-order chi connectivity index (χ0) is 24.9. The van der Waals surface area contributed by atoms with E-state index >= 15 is 0 Å². The van der Waals surface area contributed by atoms with Crippen LogP contribution < -0.4 is 9.47 Å². The van der Waals surface area contributed by atoms with Crippen LogP contribution >= 0.6 is 0 Å². The topological polar surface area (TPSA) is 88.5 Å². The summed E-state index contributed by atoms with van der Waals surface area (Å²) in [4.78, 5) is 29.8. The van der Waals surface area contributed by atoms with Crippen molar-refractivity contribution in [2.24, 2.45) is 0 Å². The molecule has 8 heteroatoms. The fourth-order valence-corrected chi connectivity index (χ4v) is 4.57. The van der Waals surface area contributed by atoms with Gasteiger partial charge < -0.3 is 24.2 Å². The number of hydrogen-bond acceptors (Lipinski definition) is 7. The lowest BCUT2D eigenvalue weighted by molar-refractivity contribution is -0.139. The van der Waals surface area contributed by atoms with Gasteiger partial charge in [-0.25, -0.2) is 0 Å². The van der Waals surface area contributed by atoms with Crippen molar-refractivity contribution in [2.75, 3.05) is 47.1 Å². The van der Waals surface area contributed by atoms with E-state index in [1.165, 1.54) is 12.0 Å². The molecule has 8 nitrogen and oxygen atoms in total. The Morgan fingerprint density at radius 3 is 2.60 bits per heavy atom. The number of benzene rings is 2. The molecule has 0 aromatic heterocycles. The van der Waals surface area contributed by atoms with Crippen LogP contribution in [0.4, 0.5) is 0 Å². The van der Waals surface area contributed by atoms with Crippen LogP contribution in [0.25, 0.3) is 5.76 Å². The molecule has 1 amide bonds. The molecule has 0 saturated carbocycles. The Labute approximate surface area is 205 Å². The maximum atomic E-state index is 13.1. The number of aliphatic hydroxyl groups is 1. The summed E-state index contributed by atoms with van der Waals surface area (Å²) in [6.45, 7) is 7.49. The minimum atomic E-state index is -0.770. The van der Waals surface area contributed by atoms with Crippen molar-refractivity contribution in [3.63, 3.8) is 0 Å². The van der Waals surface area contributed by atoms with E-state index in [1.54, 1.807) is 37.5 Å². The highest BCUT2D eigenvalue weighted by molar-refractivity contribution is 6.46. The summed E-state index contributed by atoms with van der Waals surface area (Å²) in [5.41, 5.74) is 2.07. The quantitative estimate of drug-likeness (QED) is 0.270. The van der Waals surface area contributed by atoms with Crippen molar-refractivity contribution in [3.05, 3.63) is 77.4 Å². The number of morpholine rings is 1. The third-order valence-corrected chi connectivity index (χ3v) is 6.33. The number of likely N-dealkylation sites (tertiary alicyclic amines) is 1. The molecule has 0 radical (unpaired) electrons. The molecule has 0 spiro atoms. The van der Waals surface area contributed by atoms with Crippen molar-refractivity contribution in [1.82, 2.24) is 9.80 Å². The highest BCUT2D eigenvalue weighted by Crippen LogP contribution is 2.41. The molecule has 1 N–H and O–H groups in total. The van der Waals surface area contributed by atoms with E-state index < -0.39 is 17.7 Å². The number of carbonyl (C=O) groups is 2. The number of carbonyl (C=O) groups excluding carboxylic acids is 2. The largest absolute Gasteiger partial charge is 0.507 e. The molecule has 2 heterocycles. The molecule has 2 aliphatic heterocycles. The lowest BCUT2D eigenvalue weighted by Gasteiger charge is -2.28. The van der Waals surface area contributed by atoms with E-state index in [0.29, 0.717) is 42.4 Å². The fraction of sp³-hybridized carbons (Fsp3) is 0.333. The highest BCUT2D eigenvalue weighted by atomic mass is 16.5. The number of Topliss-reactive ketones (excluding diaryl/α,β-unsaturated/α-hetero) is 1. The van der Waals surface area contributed by atoms with Gasteiger partial charge in [0.1, 0.15) is 17.3 Å². The van der Waals surface area contributed by atoms with Gasteiger partial charge in [-0.05, 0) is 29.8 Å². The number of nitrogens with zero attached hydrogens (tertiary/aromatic N) is 2. The molecule has 1 unspecified atom stereocenters. The fourth-order valence-electron chi connectivity index (χ4n) is 4.57. The first-order valence-corrected chi connectivity index (χ1v) is 11.5. The van der Waals surface area contributed by atoms with Crippen LogP contribution in [0.3, 0.4) is 0 Å². The van der Waals surface area contributed by atoms with Crippen molar-refractivity contribution in [1.29, 1.82) is 0 Å². The van der Waals surface area contributed by atoms with Crippen LogP contribution in [-0.2, 0) is 20.9 Å². The molecule has 184 valence electrons. The third-order valence-electron chi connectivity index (χ3n) is 6.33. The molecule has 0 bridgehead atoms. The van der Waals surface area contributed by atoms with E-state index in [4.69, 9.17) is 14.2 Å². The summed E-state index contributed by atoms with van der Waals surface area (Å²) in [6.07, 6.45) is 1.57. The average molecular weight is 479 g/mol. The van der Waals surface area contributed by atoms with Gasteiger partial charge in [0.2, 0.25) is 0 Å². The SMILES string of the molecule is C=CCN1C(=O)C(=O)C(=C(O)c2cccc(OC)c2)C1c1ccc(OC)c(CN2CCOCC2)c1. The lowest BCUT2D eigenvalue weighted by Crippen LogP contribution is -2.35. The van der Waals surface area contributed by atoms with Crippen LogP contribution in [0.2, 0.25) is 0 Å². The van der Waals surface area contributed by atoms with Gasteiger partial charge in [-0.3, -0.25) is 14.5 Å². The zero-order valence-electron chi connectivity index (χ0n) is 20.0. The van der Waals surface area contributed by atoms with Crippen LogP contribution in [0, 0.1) is 0 Å². The summed E-state index contributed by atoms with van der Waals surface area (Å²) in [5, 5.41) is 11.2. The Hall–Kier alpha value is -3.62. The van der Waals surface area contributed by atoms with Gasteiger partial charge in [-0.1, -0.05) is 24.3 Å². The molecule has 2 aliphatic rings.